The van der Waals surface area contributed by atoms with Crippen molar-refractivity contribution >= 4 is 43.0 Å². The molecule has 2 heterocycles. The van der Waals surface area contributed by atoms with Crippen molar-refractivity contribution in [3.63, 3.8) is 0 Å². The Morgan fingerprint density at radius 2 is 1.75 bits per heavy atom. The van der Waals surface area contributed by atoms with Crippen LogP contribution in [0.2, 0.25) is 35.7 Å². The Labute approximate surface area is 220 Å². The summed E-state index contributed by atoms with van der Waals surface area (Å²) < 4.78 is 46.5. The molecule has 0 N–H and O–H groups in total. The molecule has 0 aliphatic heterocycles. The van der Waals surface area contributed by atoms with Crippen molar-refractivity contribution in [3.05, 3.63) is 44.8 Å². The van der Waals surface area contributed by atoms with Gasteiger partial charge in [0.1, 0.15) is 29.6 Å². The second kappa shape index (κ2) is 10.8. The van der Waals surface area contributed by atoms with E-state index in [0.717, 1.165) is 34.7 Å². The van der Waals surface area contributed by atoms with Crippen molar-refractivity contribution in [1.82, 2.24) is 24.5 Å². The van der Waals surface area contributed by atoms with Gasteiger partial charge in [-0.2, -0.15) is 28.8 Å². The molecule has 0 atom stereocenters. The van der Waals surface area contributed by atoms with Crippen LogP contribution in [-0.2, 0) is 17.6 Å². The van der Waals surface area contributed by atoms with Crippen molar-refractivity contribution in [2.45, 2.75) is 55.7 Å². The van der Waals surface area contributed by atoms with Crippen LogP contribution in [0.25, 0.3) is 5.69 Å². The number of imidazole rings is 1. The van der Waals surface area contributed by atoms with Crippen LogP contribution in [0, 0.1) is 29.6 Å². The third-order valence-corrected chi connectivity index (χ3v) is 8.18. The molecule has 0 unspecified atom stereocenters. The first-order valence-electron chi connectivity index (χ1n) is 10.4. The summed E-state index contributed by atoms with van der Waals surface area (Å²) in [6.45, 7) is 8.77. The lowest BCUT2D eigenvalue weighted by Crippen LogP contribution is -2.22. The Morgan fingerprint density at radius 1 is 1.11 bits per heavy atom. The lowest BCUT2D eigenvalue weighted by atomic mass is 10.2. The van der Waals surface area contributed by atoms with E-state index in [1.54, 1.807) is 6.92 Å². The Morgan fingerprint density at radius 3 is 2.28 bits per heavy atom. The average molecular weight is 574 g/mol. The molecule has 0 spiro atoms. The number of aromatic nitrogens is 5. The first-order chi connectivity index (χ1) is 16.7. The molecule has 0 saturated carbocycles. The number of ether oxygens (including phenoxy) is 1. The highest BCUT2D eigenvalue weighted by Gasteiger charge is 2.32. The fraction of sp³-hybridized carbons (Fsp3) is 0.381. The van der Waals surface area contributed by atoms with Gasteiger partial charge in [0, 0.05) is 14.7 Å². The van der Waals surface area contributed by atoms with E-state index in [4.69, 9.17) is 27.9 Å². The number of nitrogens with zero attached hydrogens (tertiary/aromatic N) is 7. The standard InChI is InChI=1S/C21H20Cl2F3N7OSSi/c1-12-19(31-33(30-12)18-14(22)7-13(8-15(18)23)21(24,25)26)35-20-29-16(9-27)17(10-28)32(20)11-34-5-6-36(2,3)4/h7-8H,5-6,11H2,1-4H3. The van der Waals surface area contributed by atoms with E-state index in [9.17, 15) is 23.7 Å². The smallest absolute Gasteiger partial charge is 0.361 e. The van der Waals surface area contributed by atoms with Gasteiger partial charge in [0.05, 0.1) is 21.3 Å². The van der Waals surface area contributed by atoms with E-state index in [1.807, 2.05) is 12.1 Å². The average Bonchev–Trinajstić information content (AvgIpc) is 3.28. The second-order valence-electron chi connectivity index (χ2n) is 8.86. The Balaban J connectivity index is 1.93. The Hall–Kier alpha value is -2.55. The summed E-state index contributed by atoms with van der Waals surface area (Å²) in [5, 5.41) is 27.6. The molecular formula is C21H20Cl2F3N7OSSi. The molecule has 8 nitrogen and oxygen atoms in total. The summed E-state index contributed by atoms with van der Waals surface area (Å²) in [7, 11) is -1.33. The van der Waals surface area contributed by atoms with Crippen molar-refractivity contribution < 1.29 is 17.9 Å². The minimum atomic E-state index is -4.62. The van der Waals surface area contributed by atoms with E-state index in [1.165, 1.54) is 4.57 Å². The van der Waals surface area contributed by atoms with Gasteiger partial charge in [-0.25, -0.2) is 4.98 Å². The van der Waals surface area contributed by atoms with E-state index in [2.05, 4.69) is 34.8 Å². The van der Waals surface area contributed by atoms with Crippen LogP contribution in [0.15, 0.2) is 22.3 Å². The molecule has 3 aromatic rings. The fourth-order valence-electron chi connectivity index (χ4n) is 2.92. The molecule has 0 amide bonds. The molecule has 15 heteroatoms. The number of benzene rings is 1. The minimum absolute atomic E-state index is 0.00807. The topological polar surface area (TPSA) is 105 Å². The van der Waals surface area contributed by atoms with Crippen LogP contribution >= 0.6 is 35.0 Å². The molecule has 2 aromatic heterocycles. The summed E-state index contributed by atoms with van der Waals surface area (Å²) in [6.07, 6.45) is -4.62. The fourth-order valence-corrected chi connectivity index (χ4v) is 5.19. The molecule has 36 heavy (non-hydrogen) atoms. The van der Waals surface area contributed by atoms with Crippen LogP contribution in [0.4, 0.5) is 13.2 Å². The predicted molar refractivity (Wildman–Crippen MR) is 131 cm³/mol. The van der Waals surface area contributed by atoms with Gasteiger partial charge < -0.3 is 4.74 Å². The zero-order valence-corrected chi connectivity index (χ0v) is 22.9. The van der Waals surface area contributed by atoms with Gasteiger partial charge in [-0.05, 0) is 36.9 Å². The van der Waals surface area contributed by atoms with Gasteiger partial charge in [-0.15, -0.1) is 9.90 Å². The summed E-state index contributed by atoms with van der Waals surface area (Å²) >= 11 is 13.2. The molecule has 3 rings (SSSR count). The molecule has 0 saturated heterocycles. The summed E-state index contributed by atoms with van der Waals surface area (Å²) in [5.74, 6) is 0. The molecule has 0 aliphatic rings. The number of rotatable bonds is 8. The molecule has 1 aromatic carbocycles. The van der Waals surface area contributed by atoms with Gasteiger partial charge in [-0.1, -0.05) is 42.8 Å². The second-order valence-corrected chi connectivity index (χ2v) is 16.3. The highest BCUT2D eigenvalue weighted by molar-refractivity contribution is 7.99. The SMILES string of the molecule is Cc1nn(-c2c(Cl)cc(C(F)(F)F)cc2Cl)nc1Sc1nc(C#N)c(C#N)n1COCC[Si](C)(C)C. The third kappa shape index (κ3) is 6.41. The molecule has 0 aliphatic carbocycles. The number of hydrogen-bond donors (Lipinski definition) is 0. The highest BCUT2D eigenvalue weighted by Crippen LogP contribution is 2.38. The largest absolute Gasteiger partial charge is 0.416 e. The van der Waals surface area contributed by atoms with Crippen LogP contribution in [0.1, 0.15) is 22.6 Å². The maximum absolute atomic E-state index is 13.1. The minimum Gasteiger partial charge on any atom is -0.361 e. The van der Waals surface area contributed by atoms with E-state index >= 15 is 0 Å². The zero-order valence-electron chi connectivity index (χ0n) is 19.6. The monoisotopic (exact) mass is 573 g/mol. The third-order valence-electron chi connectivity index (χ3n) is 4.83. The number of aryl methyl sites for hydroxylation is 1. The summed E-state index contributed by atoms with van der Waals surface area (Å²) in [5.41, 5.74) is -0.628. The van der Waals surface area contributed by atoms with Crippen molar-refractivity contribution in [2.75, 3.05) is 6.61 Å². The highest BCUT2D eigenvalue weighted by atomic mass is 35.5. The number of hydrogen-bond acceptors (Lipinski definition) is 7. The first kappa shape index (κ1) is 28.0. The summed E-state index contributed by atoms with van der Waals surface area (Å²) in [4.78, 5) is 5.27. The van der Waals surface area contributed by atoms with E-state index < -0.39 is 19.8 Å². The normalized spacial score (nSPS) is 12.0. The van der Waals surface area contributed by atoms with Gasteiger partial charge in [0.25, 0.3) is 0 Å². The number of halogens is 5. The lowest BCUT2D eigenvalue weighted by Gasteiger charge is -2.16. The van der Waals surface area contributed by atoms with Gasteiger partial charge in [0.15, 0.2) is 16.5 Å². The Kier molecular flexibility index (Phi) is 8.43. The van der Waals surface area contributed by atoms with E-state index in [-0.39, 0.29) is 39.0 Å². The maximum atomic E-state index is 13.1. The van der Waals surface area contributed by atoms with Crippen molar-refractivity contribution in [2.24, 2.45) is 0 Å². The first-order valence-corrected chi connectivity index (χ1v) is 15.7. The molecule has 190 valence electrons. The lowest BCUT2D eigenvalue weighted by molar-refractivity contribution is -0.137. The molecular weight excluding hydrogens is 554 g/mol. The van der Waals surface area contributed by atoms with E-state index in [0.29, 0.717) is 17.3 Å². The van der Waals surface area contributed by atoms with Gasteiger partial charge in [0.2, 0.25) is 0 Å². The van der Waals surface area contributed by atoms with Crippen molar-refractivity contribution in [3.8, 4) is 17.8 Å². The van der Waals surface area contributed by atoms with Crippen LogP contribution in [0.5, 0.6) is 0 Å². The van der Waals surface area contributed by atoms with Crippen molar-refractivity contribution in [1.29, 1.82) is 10.5 Å². The van der Waals surface area contributed by atoms with Gasteiger partial charge >= 0.3 is 6.18 Å². The van der Waals surface area contributed by atoms with Crippen LogP contribution in [0.3, 0.4) is 0 Å². The number of nitriles is 2. The quantitative estimate of drug-likeness (QED) is 0.230. The molecule has 0 fully saturated rings. The zero-order chi connectivity index (χ0) is 26.8. The molecule has 0 bridgehead atoms. The van der Waals surface area contributed by atoms with Crippen LogP contribution in [-0.4, -0.2) is 39.2 Å². The Bertz CT molecular complexity index is 1350. The maximum Gasteiger partial charge on any atom is 0.416 e. The summed E-state index contributed by atoms with van der Waals surface area (Å²) in [6, 6.07) is 6.29. The van der Waals surface area contributed by atoms with Gasteiger partial charge in [-0.3, -0.25) is 4.57 Å². The number of alkyl halides is 3. The predicted octanol–water partition coefficient (Wildman–Crippen LogP) is 6.30. The molecule has 0 radical (unpaired) electrons. The van der Waals surface area contributed by atoms with Crippen LogP contribution < -0.4 is 0 Å².